The van der Waals surface area contributed by atoms with Crippen molar-refractivity contribution in [3.8, 4) is 11.5 Å². The lowest BCUT2D eigenvalue weighted by atomic mass is 10.2. The van der Waals surface area contributed by atoms with E-state index in [-0.39, 0.29) is 11.9 Å². The largest absolute Gasteiger partial charge is 0.457 e. The molecular formula is C21H24N6O2. The zero-order chi connectivity index (χ0) is 20.2. The molecule has 3 aromatic rings. The molecule has 1 aromatic carbocycles. The first-order valence-electron chi connectivity index (χ1n) is 9.61. The van der Waals surface area contributed by atoms with Crippen LogP contribution >= 0.6 is 0 Å². The highest BCUT2D eigenvalue weighted by Gasteiger charge is 2.25. The molecule has 1 atom stereocenters. The van der Waals surface area contributed by atoms with E-state index in [4.69, 9.17) is 9.72 Å². The molecule has 3 N–H and O–H groups in total. The Morgan fingerprint density at radius 2 is 2.00 bits per heavy atom. The normalized spacial score (nSPS) is 15.9. The number of ether oxygens (including phenoxy) is 1. The third-order valence-corrected chi connectivity index (χ3v) is 4.65. The van der Waals surface area contributed by atoms with E-state index in [0.29, 0.717) is 23.9 Å². The number of hydrogen-bond donors (Lipinski definition) is 3. The second kappa shape index (κ2) is 8.22. The monoisotopic (exact) mass is 392 g/mol. The van der Waals surface area contributed by atoms with Gasteiger partial charge in [-0.15, -0.1) is 0 Å². The minimum absolute atomic E-state index is 0.0118. The van der Waals surface area contributed by atoms with E-state index >= 15 is 0 Å². The molecule has 8 heteroatoms. The van der Waals surface area contributed by atoms with Gasteiger partial charge in [-0.05, 0) is 25.5 Å². The number of rotatable bonds is 6. The number of benzene rings is 1. The van der Waals surface area contributed by atoms with E-state index in [0.717, 1.165) is 30.2 Å². The number of anilines is 3. The SMILES string of the molecule is CC(=O)N[C@H]1CCN(c2cc(Oc3ccccc3)cc(Nc3cc(C)[nH]n3)n2)C1. The standard InChI is InChI=1S/C21H24N6O2/c1-14-10-20(26-25-14)23-19-11-18(29-17-6-4-3-5-7-17)12-21(24-19)27-9-8-16(13-27)22-15(2)28/h3-7,10-12,16H,8-9,13H2,1-2H3,(H,22,28)(H2,23,24,25,26)/t16-/m0/s1. The third kappa shape index (κ3) is 4.84. The molecule has 0 spiro atoms. The van der Waals surface area contributed by atoms with Crippen molar-refractivity contribution in [3.63, 3.8) is 0 Å². The number of carbonyl (C=O) groups excluding carboxylic acids is 1. The second-order valence-corrected chi connectivity index (χ2v) is 7.15. The van der Waals surface area contributed by atoms with Crippen molar-refractivity contribution in [1.29, 1.82) is 0 Å². The molecule has 0 aliphatic carbocycles. The van der Waals surface area contributed by atoms with Crippen molar-refractivity contribution in [2.24, 2.45) is 0 Å². The van der Waals surface area contributed by atoms with Crippen molar-refractivity contribution < 1.29 is 9.53 Å². The Bertz CT molecular complexity index is 988. The molecule has 3 heterocycles. The van der Waals surface area contributed by atoms with Crippen molar-refractivity contribution >= 4 is 23.4 Å². The van der Waals surface area contributed by atoms with Gasteiger partial charge < -0.3 is 20.3 Å². The molecule has 0 bridgehead atoms. The van der Waals surface area contributed by atoms with Crippen LogP contribution in [0.3, 0.4) is 0 Å². The van der Waals surface area contributed by atoms with E-state index in [2.05, 4.69) is 25.7 Å². The molecular weight excluding hydrogens is 368 g/mol. The smallest absolute Gasteiger partial charge is 0.217 e. The van der Waals surface area contributed by atoms with Gasteiger partial charge in [0.05, 0.1) is 0 Å². The molecule has 4 rings (SSSR count). The van der Waals surface area contributed by atoms with Crippen molar-refractivity contribution in [2.45, 2.75) is 26.3 Å². The van der Waals surface area contributed by atoms with Gasteiger partial charge in [0, 0.05) is 49.9 Å². The predicted octanol–water partition coefficient (Wildman–Crippen LogP) is 3.36. The Morgan fingerprint density at radius 3 is 2.72 bits per heavy atom. The van der Waals surface area contributed by atoms with Gasteiger partial charge in [-0.3, -0.25) is 9.89 Å². The van der Waals surface area contributed by atoms with Crippen LogP contribution in [0.2, 0.25) is 0 Å². The Hall–Kier alpha value is -3.55. The average molecular weight is 392 g/mol. The van der Waals surface area contributed by atoms with Gasteiger partial charge in [-0.1, -0.05) is 18.2 Å². The lowest BCUT2D eigenvalue weighted by Gasteiger charge is -2.20. The molecule has 1 aliphatic rings. The summed E-state index contributed by atoms with van der Waals surface area (Å²) >= 11 is 0. The molecule has 2 aromatic heterocycles. The van der Waals surface area contributed by atoms with Crippen LogP contribution in [0.1, 0.15) is 19.0 Å². The molecule has 0 saturated carbocycles. The number of para-hydroxylation sites is 1. The van der Waals surface area contributed by atoms with Crippen LogP contribution in [0, 0.1) is 6.92 Å². The van der Waals surface area contributed by atoms with Crippen LogP contribution in [0.15, 0.2) is 48.5 Å². The van der Waals surface area contributed by atoms with Gasteiger partial charge in [-0.2, -0.15) is 5.10 Å². The summed E-state index contributed by atoms with van der Waals surface area (Å²) in [5.41, 5.74) is 0.960. The number of nitrogens with one attached hydrogen (secondary N) is 3. The number of carbonyl (C=O) groups is 1. The maximum absolute atomic E-state index is 11.4. The Balaban J connectivity index is 1.60. The summed E-state index contributed by atoms with van der Waals surface area (Å²) in [6, 6.07) is 15.4. The van der Waals surface area contributed by atoms with Crippen LogP contribution in [0.5, 0.6) is 11.5 Å². The maximum atomic E-state index is 11.4. The highest BCUT2D eigenvalue weighted by molar-refractivity contribution is 5.73. The fourth-order valence-electron chi connectivity index (χ4n) is 3.39. The molecule has 150 valence electrons. The van der Waals surface area contributed by atoms with Crippen molar-refractivity contribution in [2.75, 3.05) is 23.3 Å². The number of amides is 1. The number of pyridine rings is 1. The summed E-state index contributed by atoms with van der Waals surface area (Å²) in [6.07, 6.45) is 0.881. The fourth-order valence-corrected chi connectivity index (χ4v) is 3.39. The number of aryl methyl sites for hydroxylation is 1. The van der Waals surface area contributed by atoms with E-state index < -0.39 is 0 Å². The summed E-state index contributed by atoms with van der Waals surface area (Å²) < 4.78 is 6.05. The Kier molecular flexibility index (Phi) is 5.33. The third-order valence-electron chi connectivity index (χ3n) is 4.65. The molecule has 29 heavy (non-hydrogen) atoms. The fraction of sp³-hybridized carbons (Fsp3) is 0.286. The highest BCUT2D eigenvalue weighted by Crippen LogP contribution is 2.30. The minimum atomic E-state index is -0.0118. The van der Waals surface area contributed by atoms with E-state index in [9.17, 15) is 4.79 Å². The number of H-pyrrole nitrogens is 1. The van der Waals surface area contributed by atoms with E-state index in [1.807, 2.05) is 55.5 Å². The van der Waals surface area contributed by atoms with Crippen LogP contribution < -0.4 is 20.3 Å². The van der Waals surface area contributed by atoms with Gasteiger partial charge in [0.25, 0.3) is 0 Å². The Morgan fingerprint density at radius 1 is 1.17 bits per heavy atom. The Labute approximate surface area is 169 Å². The van der Waals surface area contributed by atoms with Crippen LogP contribution in [-0.2, 0) is 4.79 Å². The topological polar surface area (TPSA) is 95.2 Å². The lowest BCUT2D eigenvalue weighted by Crippen LogP contribution is -2.35. The molecule has 1 saturated heterocycles. The zero-order valence-corrected chi connectivity index (χ0v) is 16.5. The molecule has 0 unspecified atom stereocenters. The zero-order valence-electron chi connectivity index (χ0n) is 16.5. The number of hydrogen-bond acceptors (Lipinski definition) is 6. The van der Waals surface area contributed by atoms with Gasteiger partial charge >= 0.3 is 0 Å². The first-order chi connectivity index (χ1) is 14.0. The summed E-state index contributed by atoms with van der Waals surface area (Å²) in [4.78, 5) is 18.3. The quantitative estimate of drug-likeness (QED) is 0.595. The van der Waals surface area contributed by atoms with E-state index in [1.165, 1.54) is 0 Å². The average Bonchev–Trinajstić information content (AvgIpc) is 3.31. The number of aromatic amines is 1. The molecule has 1 aliphatic heterocycles. The summed E-state index contributed by atoms with van der Waals surface area (Å²) in [7, 11) is 0. The number of nitrogens with zero attached hydrogens (tertiary/aromatic N) is 3. The number of aromatic nitrogens is 3. The second-order valence-electron chi connectivity index (χ2n) is 7.15. The van der Waals surface area contributed by atoms with Crippen molar-refractivity contribution in [1.82, 2.24) is 20.5 Å². The molecule has 1 fully saturated rings. The van der Waals surface area contributed by atoms with Crippen molar-refractivity contribution in [3.05, 3.63) is 54.2 Å². The maximum Gasteiger partial charge on any atom is 0.217 e. The van der Waals surface area contributed by atoms with Crippen LogP contribution in [-0.4, -0.2) is 40.2 Å². The highest BCUT2D eigenvalue weighted by atomic mass is 16.5. The van der Waals surface area contributed by atoms with Crippen LogP contribution in [0.25, 0.3) is 0 Å². The summed E-state index contributed by atoms with van der Waals surface area (Å²) in [5, 5.41) is 13.3. The molecule has 0 radical (unpaired) electrons. The first kappa shape index (κ1) is 18.8. The van der Waals surface area contributed by atoms with Gasteiger partial charge in [0.15, 0.2) is 5.82 Å². The van der Waals surface area contributed by atoms with Crippen LogP contribution in [0.4, 0.5) is 17.5 Å². The predicted molar refractivity (Wildman–Crippen MR) is 112 cm³/mol. The van der Waals surface area contributed by atoms with Gasteiger partial charge in [0.2, 0.25) is 5.91 Å². The molecule has 1 amide bonds. The summed E-state index contributed by atoms with van der Waals surface area (Å²) in [5.74, 6) is 3.55. The van der Waals surface area contributed by atoms with Gasteiger partial charge in [-0.25, -0.2) is 4.98 Å². The lowest BCUT2D eigenvalue weighted by molar-refractivity contribution is -0.119. The molecule has 8 nitrogen and oxygen atoms in total. The minimum Gasteiger partial charge on any atom is -0.457 e. The summed E-state index contributed by atoms with van der Waals surface area (Å²) in [6.45, 7) is 5.01. The first-order valence-corrected chi connectivity index (χ1v) is 9.61. The van der Waals surface area contributed by atoms with Gasteiger partial charge in [0.1, 0.15) is 23.1 Å². The van der Waals surface area contributed by atoms with E-state index in [1.54, 1.807) is 6.92 Å².